The third kappa shape index (κ3) is 4.19. The molecule has 0 spiro atoms. The molecule has 0 heterocycles. The van der Waals surface area contributed by atoms with Crippen molar-refractivity contribution in [3.8, 4) is 6.07 Å². The molecule has 0 aliphatic carbocycles. The molecule has 16 heavy (non-hydrogen) atoms. The zero-order valence-electron chi connectivity index (χ0n) is 10.9. The molecule has 1 N–H and O–H groups in total. The standard InChI is InChI=1S/C12H23N3O/c1-6-11(7-2)14-12(16)10(4)15(5)9(3)8-13/h9-11H,6-7H2,1-5H3,(H,14,16). The lowest BCUT2D eigenvalue weighted by Crippen LogP contribution is -2.49. The number of nitrogens with zero attached hydrogens (tertiary/aromatic N) is 2. The third-order valence-corrected chi connectivity index (χ3v) is 3.12. The van der Waals surface area contributed by atoms with E-state index in [4.69, 9.17) is 5.26 Å². The number of rotatable bonds is 6. The minimum absolute atomic E-state index is 0.00157. The lowest BCUT2D eigenvalue weighted by atomic mass is 10.1. The Morgan fingerprint density at radius 2 is 1.88 bits per heavy atom. The second-order valence-corrected chi connectivity index (χ2v) is 4.17. The summed E-state index contributed by atoms with van der Waals surface area (Å²) in [5, 5.41) is 11.8. The predicted octanol–water partition coefficient (Wildman–Crippen LogP) is 1.52. The van der Waals surface area contributed by atoms with Crippen LogP contribution in [0.5, 0.6) is 0 Å². The maximum absolute atomic E-state index is 11.9. The van der Waals surface area contributed by atoms with E-state index in [2.05, 4.69) is 25.2 Å². The molecule has 0 bridgehead atoms. The summed E-state index contributed by atoms with van der Waals surface area (Å²) in [5.74, 6) is -0.00157. The van der Waals surface area contributed by atoms with E-state index in [1.165, 1.54) is 0 Å². The van der Waals surface area contributed by atoms with Crippen molar-refractivity contribution in [1.82, 2.24) is 10.2 Å². The normalized spacial score (nSPS) is 14.6. The van der Waals surface area contributed by atoms with E-state index >= 15 is 0 Å². The van der Waals surface area contributed by atoms with Crippen molar-refractivity contribution < 1.29 is 4.79 Å². The fourth-order valence-electron chi connectivity index (χ4n) is 1.43. The van der Waals surface area contributed by atoms with Gasteiger partial charge in [0.05, 0.1) is 18.2 Å². The average Bonchev–Trinajstić information content (AvgIpc) is 2.32. The molecule has 0 saturated carbocycles. The van der Waals surface area contributed by atoms with Gasteiger partial charge in [-0.2, -0.15) is 5.26 Å². The zero-order valence-corrected chi connectivity index (χ0v) is 10.9. The van der Waals surface area contributed by atoms with Crippen LogP contribution < -0.4 is 5.32 Å². The van der Waals surface area contributed by atoms with Gasteiger partial charge in [-0.05, 0) is 33.7 Å². The smallest absolute Gasteiger partial charge is 0.237 e. The Morgan fingerprint density at radius 3 is 2.25 bits per heavy atom. The van der Waals surface area contributed by atoms with Gasteiger partial charge in [-0.1, -0.05) is 13.8 Å². The molecule has 0 saturated heterocycles. The summed E-state index contributed by atoms with van der Waals surface area (Å²) in [5.41, 5.74) is 0. The van der Waals surface area contributed by atoms with Crippen LogP contribution in [0.25, 0.3) is 0 Å². The van der Waals surface area contributed by atoms with Crippen LogP contribution in [0.1, 0.15) is 40.5 Å². The molecule has 0 aromatic carbocycles. The van der Waals surface area contributed by atoms with Gasteiger partial charge >= 0.3 is 0 Å². The first-order chi connectivity index (χ1) is 7.47. The number of nitrogens with one attached hydrogen (secondary N) is 1. The number of likely N-dealkylation sites (N-methyl/N-ethyl adjacent to an activating group) is 1. The van der Waals surface area contributed by atoms with E-state index < -0.39 is 0 Å². The molecule has 1 amide bonds. The lowest BCUT2D eigenvalue weighted by molar-refractivity contribution is -0.126. The van der Waals surface area contributed by atoms with E-state index in [0.29, 0.717) is 0 Å². The minimum atomic E-state index is -0.268. The number of hydrogen-bond acceptors (Lipinski definition) is 3. The monoisotopic (exact) mass is 225 g/mol. The Morgan fingerprint density at radius 1 is 1.38 bits per heavy atom. The van der Waals surface area contributed by atoms with Gasteiger partial charge in [0.1, 0.15) is 0 Å². The highest BCUT2D eigenvalue weighted by Crippen LogP contribution is 2.04. The zero-order chi connectivity index (χ0) is 12.7. The van der Waals surface area contributed by atoms with Gasteiger partial charge in [-0.15, -0.1) is 0 Å². The molecule has 0 rings (SSSR count). The van der Waals surface area contributed by atoms with Gasteiger partial charge in [0.15, 0.2) is 0 Å². The average molecular weight is 225 g/mol. The molecule has 0 radical (unpaired) electrons. The minimum Gasteiger partial charge on any atom is -0.352 e. The molecular formula is C12H23N3O. The molecule has 2 atom stereocenters. The summed E-state index contributed by atoms with van der Waals surface area (Å²) in [6.45, 7) is 7.73. The van der Waals surface area contributed by atoms with Gasteiger partial charge in [0, 0.05) is 6.04 Å². The molecule has 0 aromatic rings. The van der Waals surface area contributed by atoms with Crippen LogP contribution in [0.4, 0.5) is 0 Å². The maximum Gasteiger partial charge on any atom is 0.237 e. The fraction of sp³-hybridized carbons (Fsp3) is 0.833. The van der Waals surface area contributed by atoms with E-state index in [1.54, 1.807) is 18.9 Å². The van der Waals surface area contributed by atoms with Crippen molar-refractivity contribution in [1.29, 1.82) is 5.26 Å². The van der Waals surface area contributed by atoms with Crippen LogP contribution in [0, 0.1) is 11.3 Å². The highest BCUT2D eigenvalue weighted by Gasteiger charge is 2.23. The lowest BCUT2D eigenvalue weighted by Gasteiger charge is -2.27. The van der Waals surface area contributed by atoms with Gasteiger partial charge < -0.3 is 5.32 Å². The summed E-state index contributed by atoms with van der Waals surface area (Å²) in [4.78, 5) is 13.6. The molecule has 92 valence electrons. The second-order valence-electron chi connectivity index (χ2n) is 4.17. The molecule has 0 aliphatic rings. The van der Waals surface area contributed by atoms with Crippen LogP contribution in [0.3, 0.4) is 0 Å². The molecule has 0 aromatic heterocycles. The summed E-state index contributed by atoms with van der Waals surface area (Å²) < 4.78 is 0. The first-order valence-corrected chi connectivity index (χ1v) is 5.89. The number of hydrogen-bond donors (Lipinski definition) is 1. The van der Waals surface area contributed by atoms with Crippen molar-refractivity contribution in [3.63, 3.8) is 0 Å². The number of nitriles is 1. The summed E-state index contributed by atoms with van der Waals surface area (Å²) >= 11 is 0. The first-order valence-electron chi connectivity index (χ1n) is 5.89. The molecule has 0 fully saturated rings. The first kappa shape index (κ1) is 14.9. The van der Waals surface area contributed by atoms with Crippen molar-refractivity contribution in [2.45, 2.75) is 58.7 Å². The molecule has 0 aliphatic heterocycles. The largest absolute Gasteiger partial charge is 0.352 e. The molecule has 2 unspecified atom stereocenters. The number of carbonyl (C=O) groups excluding carboxylic acids is 1. The van der Waals surface area contributed by atoms with Gasteiger partial charge in [0.2, 0.25) is 5.91 Å². The van der Waals surface area contributed by atoms with Crippen LogP contribution in [-0.2, 0) is 4.79 Å². The Balaban J connectivity index is 4.33. The Kier molecular flexibility index (Phi) is 6.75. The second kappa shape index (κ2) is 7.24. The molecule has 4 nitrogen and oxygen atoms in total. The van der Waals surface area contributed by atoms with Crippen molar-refractivity contribution in [2.24, 2.45) is 0 Å². The highest BCUT2D eigenvalue weighted by atomic mass is 16.2. The quantitative estimate of drug-likeness (QED) is 0.745. The van der Waals surface area contributed by atoms with E-state index in [9.17, 15) is 4.79 Å². The molecular weight excluding hydrogens is 202 g/mol. The van der Waals surface area contributed by atoms with Crippen LogP contribution >= 0.6 is 0 Å². The summed E-state index contributed by atoms with van der Waals surface area (Å²) in [6, 6.07) is 1.85. The topological polar surface area (TPSA) is 56.1 Å². The fourth-order valence-corrected chi connectivity index (χ4v) is 1.43. The van der Waals surface area contributed by atoms with Crippen LogP contribution in [0.15, 0.2) is 0 Å². The number of carbonyl (C=O) groups is 1. The Hall–Kier alpha value is -1.08. The van der Waals surface area contributed by atoms with Crippen molar-refractivity contribution in [2.75, 3.05) is 7.05 Å². The summed E-state index contributed by atoms with van der Waals surface area (Å²) in [6.07, 6.45) is 1.87. The van der Waals surface area contributed by atoms with E-state index in [-0.39, 0.29) is 24.0 Å². The maximum atomic E-state index is 11.9. The summed E-state index contributed by atoms with van der Waals surface area (Å²) in [7, 11) is 1.80. The van der Waals surface area contributed by atoms with Gasteiger partial charge in [-0.3, -0.25) is 9.69 Å². The number of amides is 1. The molecule has 4 heteroatoms. The highest BCUT2D eigenvalue weighted by molar-refractivity contribution is 5.81. The van der Waals surface area contributed by atoms with Gasteiger partial charge in [0.25, 0.3) is 0 Å². The van der Waals surface area contributed by atoms with E-state index in [1.807, 2.05) is 6.92 Å². The van der Waals surface area contributed by atoms with Crippen molar-refractivity contribution >= 4 is 5.91 Å². The Bertz CT molecular complexity index is 255. The predicted molar refractivity (Wildman–Crippen MR) is 64.8 cm³/mol. The van der Waals surface area contributed by atoms with Crippen LogP contribution in [-0.4, -0.2) is 36.0 Å². The third-order valence-electron chi connectivity index (χ3n) is 3.12. The Labute approximate surface area is 98.6 Å². The van der Waals surface area contributed by atoms with Crippen LogP contribution in [0.2, 0.25) is 0 Å². The SMILES string of the molecule is CCC(CC)NC(=O)C(C)N(C)C(C)C#N. The van der Waals surface area contributed by atoms with Crippen molar-refractivity contribution in [3.05, 3.63) is 0 Å². The van der Waals surface area contributed by atoms with E-state index in [0.717, 1.165) is 12.8 Å². The van der Waals surface area contributed by atoms with Gasteiger partial charge in [-0.25, -0.2) is 0 Å².